The third kappa shape index (κ3) is 1.63. The minimum atomic E-state index is 0.788. The van der Waals surface area contributed by atoms with Crippen LogP contribution in [-0.4, -0.2) is 0 Å². The normalized spacial score (nSPS) is 8.44. The lowest BCUT2D eigenvalue weighted by atomic mass is 10.3. The molecule has 0 aromatic carbocycles. The Morgan fingerprint density at radius 1 is 1.78 bits per heavy atom. The molecule has 0 saturated heterocycles. The molecule has 0 bridgehead atoms. The Labute approximate surface area is 54.3 Å². The SMILES string of the molecule is C=C=CCc1ccco1. The van der Waals surface area contributed by atoms with Crippen LogP contribution in [0.2, 0.25) is 0 Å². The molecular formula is C8H8O. The Bertz CT molecular complexity index is 202. The third-order valence-electron chi connectivity index (χ3n) is 1.03. The quantitative estimate of drug-likeness (QED) is 0.545. The average molecular weight is 120 g/mol. The fourth-order valence-corrected chi connectivity index (χ4v) is 0.601. The molecule has 1 rings (SSSR count). The van der Waals surface area contributed by atoms with Crippen molar-refractivity contribution in [2.45, 2.75) is 6.42 Å². The largest absolute Gasteiger partial charge is 0.469 e. The predicted molar refractivity (Wildman–Crippen MR) is 36.1 cm³/mol. The number of furan rings is 1. The van der Waals surface area contributed by atoms with Gasteiger partial charge in [-0.15, -0.1) is 5.73 Å². The molecule has 0 spiro atoms. The van der Waals surface area contributed by atoms with Crippen LogP contribution in [0.25, 0.3) is 0 Å². The zero-order chi connectivity index (χ0) is 6.53. The molecule has 0 saturated carbocycles. The van der Waals surface area contributed by atoms with Crippen molar-refractivity contribution in [3.63, 3.8) is 0 Å². The number of hydrogen-bond donors (Lipinski definition) is 0. The van der Waals surface area contributed by atoms with Crippen molar-refractivity contribution in [1.29, 1.82) is 0 Å². The lowest BCUT2D eigenvalue weighted by Crippen LogP contribution is -1.70. The summed E-state index contributed by atoms with van der Waals surface area (Å²) < 4.78 is 5.04. The second kappa shape index (κ2) is 2.95. The number of allylic oxidation sites excluding steroid dienone is 1. The Kier molecular flexibility index (Phi) is 1.95. The maximum absolute atomic E-state index is 5.04. The van der Waals surface area contributed by atoms with Gasteiger partial charge in [-0.3, -0.25) is 0 Å². The van der Waals surface area contributed by atoms with E-state index in [9.17, 15) is 0 Å². The Morgan fingerprint density at radius 3 is 3.22 bits per heavy atom. The van der Waals surface area contributed by atoms with Crippen LogP contribution in [0.1, 0.15) is 5.76 Å². The van der Waals surface area contributed by atoms with Crippen molar-refractivity contribution in [3.05, 3.63) is 42.5 Å². The van der Waals surface area contributed by atoms with E-state index in [1.807, 2.05) is 18.2 Å². The van der Waals surface area contributed by atoms with Gasteiger partial charge in [-0.1, -0.05) is 6.58 Å². The maximum Gasteiger partial charge on any atom is 0.108 e. The molecule has 0 aliphatic carbocycles. The van der Waals surface area contributed by atoms with Gasteiger partial charge in [0.15, 0.2) is 0 Å². The lowest BCUT2D eigenvalue weighted by Gasteiger charge is -1.81. The second-order valence-electron chi connectivity index (χ2n) is 1.69. The first kappa shape index (κ1) is 5.93. The molecule has 0 aliphatic heterocycles. The zero-order valence-corrected chi connectivity index (χ0v) is 5.13. The topological polar surface area (TPSA) is 13.1 Å². The van der Waals surface area contributed by atoms with Crippen molar-refractivity contribution in [1.82, 2.24) is 0 Å². The molecule has 1 heterocycles. The van der Waals surface area contributed by atoms with Crippen LogP contribution in [0.3, 0.4) is 0 Å². The molecule has 0 fully saturated rings. The third-order valence-corrected chi connectivity index (χ3v) is 1.03. The molecule has 0 atom stereocenters. The van der Waals surface area contributed by atoms with E-state index in [0.29, 0.717) is 0 Å². The van der Waals surface area contributed by atoms with E-state index in [-0.39, 0.29) is 0 Å². The number of rotatable bonds is 2. The van der Waals surface area contributed by atoms with Crippen molar-refractivity contribution < 1.29 is 4.42 Å². The zero-order valence-electron chi connectivity index (χ0n) is 5.13. The van der Waals surface area contributed by atoms with Crippen LogP contribution >= 0.6 is 0 Å². The molecular weight excluding hydrogens is 112 g/mol. The molecule has 9 heavy (non-hydrogen) atoms. The summed E-state index contributed by atoms with van der Waals surface area (Å²) in [4.78, 5) is 0. The summed E-state index contributed by atoms with van der Waals surface area (Å²) >= 11 is 0. The van der Waals surface area contributed by atoms with E-state index in [1.165, 1.54) is 0 Å². The van der Waals surface area contributed by atoms with Gasteiger partial charge in [-0.05, 0) is 18.2 Å². The molecule has 1 heteroatoms. The molecule has 0 N–H and O–H groups in total. The van der Waals surface area contributed by atoms with Gasteiger partial charge < -0.3 is 4.42 Å². The highest BCUT2D eigenvalue weighted by atomic mass is 16.3. The van der Waals surface area contributed by atoms with Crippen molar-refractivity contribution >= 4 is 0 Å². The van der Waals surface area contributed by atoms with Gasteiger partial charge in [0.2, 0.25) is 0 Å². The van der Waals surface area contributed by atoms with Crippen molar-refractivity contribution in [3.8, 4) is 0 Å². The van der Waals surface area contributed by atoms with Crippen LogP contribution in [0, 0.1) is 0 Å². The molecule has 1 aromatic heterocycles. The van der Waals surface area contributed by atoms with Crippen molar-refractivity contribution in [2.24, 2.45) is 0 Å². The van der Waals surface area contributed by atoms with E-state index >= 15 is 0 Å². The summed E-state index contributed by atoms with van der Waals surface area (Å²) in [7, 11) is 0. The highest BCUT2D eigenvalue weighted by Gasteiger charge is 1.87. The van der Waals surface area contributed by atoms with Crippen molar-refractivity contribution in [2.75, 3.05) is 0 Å². The Morgan fingerprint density at radius 2 is 2.67 bits per heavy atom. The maximum atomic E-state index is 5.04. The summed E-state index contributed by atoms with van der Waals surface area (Å²) in [5, 5.41) is 0. The van der Waals surface area contributed by atoms with E-state index in [4.69, 9.17) is 4.42 Å². The predicted octanol–water partition coefficient (Wildman–Crippen LogP) is 2.16. The summed E-state index contributed by atoms with van der Waals surface area (Å²) in [6, 6.07) is 3.79. The summed E-state index contributed by atoms with van der Waals surface area (Å²) in [5.74, 6) is 0.950. The first-order valence-corrected chi connectivity index (χ1v) is 2.80. The molecule has 46 valence electrons. The fourth-order valence-electron chi connectivity index (χ4n) is 0.601. The fraction of sp³-hybridized carbons (Fsp3) is 0.125. The summed E-state index contributed by atoms with van der Waals surface area (Å²) in [6.07, 6.45) is 4.28. The van der Waals surface area contributed by atoms with Crippen LogP contribution < -0.4 is 0 Å². The summed E-state index contributed by atoms with van der Waals surface area (Å²) in [6.45, 7) is 3.44. The highest BCUT2D eigenvalue weighted by molar-refractivity contribution is 5.02. The van der Waals surface area contributed by atoms with Gasteiger partial charge in [-0.2, -0.15) is 0 Å². The van der Waals surface area contributed by atoms with Gasteiger partial charge in [0.25, 0.3) is 0 Å². The minimum Gasteiger partial charge on any atom is -0.469 e. The number of hydrogen-bond acceptors (Lipinski definition) is 1. The van der Waals surface area contributed by atoms with Crippen LogP contribution in [0.15, 0.2) is 41.2 Å². The molecule has 0 radical (unpaired) electrons. The first-order valence-electron chi connectivity index (χ1n) is 2.80. The Balaban J connectivity index is 2.57. The van der Waals surface area contributed by atoms with Crippen LogP contribution in [0.4, 0.5) is 0 Å². The molecule has 0 amide bonds. The van der Waals surface area contributed by atoms with Gasteiger partial charge in [0.1, 0.15) is 5.76 Å². The Hall–Kier alpha value is -1.20. The minimum absolute atomic E-state index is 0.788. The van der Waals surface area contributed by atoms with Crippen LogP contribution in [0.5, 0.6) is 0 Å². The molecule has 1 aromatic rings. The van der Waals surface area contributed by atoms with E-state index in [0.717, 1.165) is 12.2 Å². The van der Waals surface area contributed by atoms with E-state index in [2.05, 4.69) is 12.3 Å². The van der Waals surface area contributed by atoms with Gasteiger partial charge in [-0.25, -0.2) is 0 Å². The van der Waals surface area contributed by atoms with E-state index < -0.39 is 0 Å². The molecule has 0 aliphatic rings. The smallest absolute Gasteiger partial charge is 0.108 e. The monoisotopic (exact) mass is 120 g/mol. The first-order chi connectivity index (χ1) is 4.43. The van der Waals surface area contributed by atoms with Gasteiger partial charge >= 0.3 is 0 Å². The standard InChI is InChI=1S/C8H8O/c1-2-3-5-8-6-4-7-9-8/h3-4,6-7H,1,5H2. The molecule has 0 unspecified atom stereocenters. The van der Waals surface area contributed by atoms with Gasteiger partial charge in [0, 0.05) is 6.42 Å². The van der Waals surface area contributed by atoms with Crippen LogP contribution in [-0.2, 0) is 6.42 Å². The highest BCUT2D eigenvalue weighted by Crippen LogP contribution is 2.00. The molecule has 1 nitrogen and oxygen atoms in total. The lowest BCUT2D eigenvalue weighted by molar-refractivity contribution is 0.523. The second-order valence-corrected chi connectivity index (χ2v) is 1.69. The summed E-state index contributed by atoms with van der Waals surface area (Å²) in [5.41, 5.74) is 2.67. The van der Waals surface area contributed by atoms with E-state index in [1.54, 1.807) is 6.26 Å². The average Bonchev–Trinajstić information content (AvgIpc) is 2.34. The van der Waals surface area contributed by atoms with Gasteiger partial charge in [0.05, 0.1) is 6.26 Å².